The van der Waals surface area contributed by atoms with Gasteiger partial charge >= 0.3 is 0 Å². The zero-order chi connectivity index (χ0) is 9.72. The first kappa shape index (κ1) is 12.4. The van der Waals surface area contributed by atoms with Crippen LogP contribution in [0.5, 0.6) is 0 Å². The van der Waals surface area contributed by atoms with Crippen LogP contribution in [0, 0.1) is 0 Å². The first-order valence-corrected chi connectivity index (χ1v) is 4.74. The molecule has 0 fully saturated rings. The fraction of sp³-hybridized carbons (Fsp3) is 0.429. The van der Waals surface area contributed by atoms with Crippen molar-refractivity contribution in [1.82, 2.24) is 0 Å². The summed E-state index contributed by atoms with van der Waals surface area (Å²) >= 11 is 22.2. The average molecular weight is 250 g/mol. The van der Waals surface area contributed by atoms with Crippen molar-refractivity contribution in [2.45, 2.75) is 20.0 Å². The largest absolute Gasteiger partial charge is 0.479 e. The molecule has 0 rings (SSSR count). The van der Waals surface area contributed by atoms with Crippen LogP contribution in [0.25, 0.3) is 0 Å². The molecule has 0 unspecified atom stereocenters. The molecule has 0 radical (unpaired) electrons. The van der Waals surface area contributed by atoms with Crippen molar-refractivity contribution in [3.63, 3.8) is 0 Å². The Kier molecular flexibility index (Phi) is 6.20. The molecule has 0 N–H and O–H groups in total. The Bertz CT molecular complexity index is 207. The standard InChI is InChI=1S/C7H8Cl4O/c1-4(2)12-7(11)6(10)5(9)3-8/h3-4H,1-2H3/b5-3-,7-6+. The molecule has 12 heavy (non-hydrogen) atoms. The van der Waals surface area contributed by atoms with Gasteiger partial charge in [0.05, 0.1) is 11.1 Å². The van der Waals surface area contributed by atoms with Gasteiger partial charge in [-0.15, -0.1) is 0 Å². The Hall–Kier alpha value is 0.440. The highest BCUT2D eigenvalue weighted by molar-refractivity contribution is 6.49. The van der Waals surface area contributed by atoms with Crippen LogP contribution in [0.1, 0.15) is 13.8 Å². The zero-order valence-electron chi connectivity index (χ0n) is 6.57. The molecular weight excluding hydrogens is 242 g/mol. The van der Waals surface area contributed by atoms with E-state index in [0.717, 1.165) is 5.54 Å². The summed E-state index contributed by atoms with van der Waals surface area (Å²) in [7, 11) is 0. The Labute approximate surface area is 91.9 Å². The van der Waals surface area contributed by atoms with Gasteiger partial charge in [0.2, 0.25) is 5.22 Å². The molecule has 0 saturated carbocycles. The quantitative estimate of drug-likeness (QED) is 0.533. The molecule has 0 aromatic rings. The van der Waals surface area contributed by atoms with E-state index in [2.05, 4.69) is 0 Å². The van der Waals surface area contributed by atoms with Gasteiger partial charge in [-0.1, -0.05) is 34.8 Å². The number of ether oxygens (including phenoxy) is 1. The molecule has 0 aliphatic heterocycles. The van der Waals surface area contributed by atoms with Crippen molar-refractivity contribution in [3.05, 3.63) is 20.8 Å². The summed E-state index contributed by atoms with van der Waals surface area (Å²) < 4.78 is 5.06. The molecule has 0 bridgehead atoms. The Morgan fingerprint density at radius 2 is 1.75 bits per heavy atom. The monoisotopic (exact) mass is 248 g/mol. The summed E-state index contributed by atoms with van der Waals surface area (Å²) in [4.78, 5) is 0. The van der Waals surface area contributed by atoms with Crippen LogP contribution in [-0.2, 0) is 4.74 Å². The van der Waals surface area contributed by atoms with Gasteiger partial charge in [0.15, 0.2) is 0 Å². The van der Waals surface area contributed by atoms with E-state index in [1.54, 1.807) is 0 Å². The number of rotatable bonds is 3. The maximum Gasteiger partial charge on any atom is 0.207 e. The number of allylic oxidation sites excluding steroid dienone is 2. The summed E-state index contributed by atoms with van der Waals surface area (Å²) in [6, 6.07) is 0. The molecule has 0 aromatic carbocycles. The van der Waals surface area contributed by atoms with Gasteiger partial charge in [-0.05, 0) is 25.4 Å². The summed E-state index contributed by atoms with van der Waals surface area (Å²) in [6.07, 6.45) is -0.0500. The van der Waals surface area contributed by atoms with E-state index in [1.807, 2.05) is 13.8 Å². The van der Waals surface area contributed by atoms with Gasteiger partial charge in [0.25, 0.3) is 0 Å². The van der Waals surface area contributed by atoms with Crippen LogP contribution in [0.2, 0.25) is 0 Å². The van der Waals surface area contributed by atoms with Crippen LogP contribution in [-0.4, -0.2) is 6.10 Å². The lowest BCUT2D eigenvalue weighted by molar-refractivity contribution is 0.167. The van der Waals surface area contributed by atoms with Gasteiger partial charge in [-0.3, -0.25) is 0 Å². The molecule has 0 heterocycles. The highest BCUT2D eigenvalue weighted by atomic mass is 35.5. The third kappa shape index (κ3) is 4.46. The number of halogens is 4. The molecule has 0 aliphatic carbocycles. The van der Waals surface area contributed by atoms with E-state index in [4.69, 9.17) is 51.1 Å². The van der Waals surface area contributed by atoms with Crippen molar-refractivity contribution in [3.8, 4) is 0 Å². The third-order valence-corrected chi connectivity index (χ3v) is 2.29. The highest BCUT2D eigenvalue weighted by Crippen LogP contribution is 2.26. The molecule has 0 spiro atoms. The lowest BCUT2D eigenvalue weighted by Gasteiger charge is -2.08. The second-order valence-electron chi connectivity index (χ2n) is 2.21. The van der Waals surface area contributed by atoms with Gasteiger partial charge in [0, 0.05) is 5.54 Å². The average Bonchev–Trinajstić information content (AvgIpc) is 2.00. The van der Waals surface area contributed by atoms with Crippen molar-refractivity contribution >= 4 is 46.4 Å². The number of hydrogen-bond donors (Lipinski definition) is 0. The zero-order valence-corrected chi connectivity index (χ0v) is 9.60. The van der Waals surface area contributed by atoms with Crippen LogP contribution in [0.4, 0.5) is 0 Å². The topological polar surface area (TPSA) is 9.23 Å². The predicted molar refractivity (Wildman–Crippen MR) is 54.7 cm³/mol. The predicted octanol–water partition coefficient (Wildman–Crippen LogP) is 4.38. The lowest BCUT2D eigenvalue weighted by atomic mass is 10.5. The molecule has 0 amide bonds. The Morgan fingerprint density at radius 1 is 1.25 bits per heavy atom. The second-order valence-corrected chi connectivity index (χ2v) is 3.56. The first-order chi connectivity index (χ1) is 5.49. The van der Waals surface area contributed by atoms with Crippen LogP contribution in [0.15, 0.2) is 20.8 Å². The minimum absolute atomic E-state index is 0.0496. The normalized spacial score (nSPS) is 14.8. The maximum absolute atomic E-state index is 5.66. The Balaban J connectivity index is 4.47. The van der Waals surface area contributed by atoms with Crippen LogP contribution in [0.3, 0.4) is 0 Å². The molecule has 0 aromatic heterocycles. The van der Waals surface area contributed by atoms with Gasteiger partial charge < -0.3 is 4.74 Å². The highest BCUT2D eigenvalue weighted by Gasteiger charge is 2.08. The summed E-state index contributed by atoms with van der Waals surface area (Å²) in [5.41, 5.74) is 1.12. The minimum atomic E-state index is -0.0500. The lowest BCUT2D eigenvalue weighted by Crippen LogP contribution is -1.99. The second kappa shape index (κ2) is 5.98. The van der Waals surface area contributed by atoms with Crippen LogP contribution < -0.4 is 0 Å². The SMILES string of the molecule is CC(C)O/C(Cl)=C(Cl)\C(Cl)=C\Cl. The molecule has 0 atom stereocenters. The Morgan fingerprint density at radius 3 is 2.08 bits per heavy atom. The van der Waals surface area contributed by atoms with E-state index in [9.17, 15) is 0 Å². The molecule has 0 saturated heterocycles. The van der Waals surface area contributed by atoms with Crippen molar-refractivity contribution in [2.75, 3.05) is 0 Å². The summed E-state index contributed by atoms with van der Waals surface area (Å²) in [5.74, 6) is 0. The van der Waals surface area contributed by atoms with Gasteiger partial charge in [-0.25, -0.2) is 0 Å². The van der Waals surface area contributed by atoms with Crippen molar-refractivity contribution in [1.29, 1.82) is 0 Å². The van der Waals surface area contributed by atoms with E-state index in [-0.39, 0.29) is 21.4 Å². The summed E-state index contributed by atoms with van der Waals surface area (Å²) in [6.45, 7) is 3.65. The molecule has 1 nitrogen and oxygen atoms in total. The summed E-state index contributed by atoms with van der Waals surface area (Å²) in [5, 5.41) is 0.319. The molecular formula is C7H8Cl4O. The number of hydrogen-bond acceptors (Lipinski definition) is 1. The third-order valence-electron chi connectivity index (χ3n) is 0.817. The van der Waals surface area contributed by atoms with Crippen molar-refractivity contribution < 1.29 is 4.74 Å². The van der Waals surface area contributed by atoms with Gasteiger partial charge in [-0.2, -0.15) is 0 Å². The van der Waals surface area contributed by atoms with E-state index >= 15 is 0 Å². The van der Waals surface area contributed by atoms with E-state index in [0.29, 0.717) is 0 Å². The van der Waals surface area contributed by atoms with E-state index < -0.39 is 0 Å². The van der Waals surface area contributed by atoms with Crippen LogP contribution >= 0.6 is 46.4 Å². The fourth-order valence-electron chi connectivity index (χ4n) is 0.400. The molecule has 0 aliphatic rings. The molecule has 70 valence electrons. The first-order valence-electron chi connectivity index (χ1n) is 3.17. The van der Waals surface area contributed by atoms with Gasteiger partial charge in [0.1, 0.15) is 5.03 Å². The smallest absolute Gasteiger partial charge is 0.207 e. The molecule has 5 heteroatoms. The van der Waals surface area contributed by atoms with E-state index in [1.165, 1.54) is 0 Å². The maximum atomic E-state index is 5.66. The minimum Gasteiger partial charge on any atom is -0.479 e. The van der Waals surface area contributed by atoms with Crippen molar-refractivity contribution in [2.24, 2.45) is 0 Å². The fourth-order valence-corrected chi connectivity index (χ4v) is 1.08.